The zero-order valence-corrected chi connectivity index (χ0v) is 14.4. The molecule has 1 heterocycles. The number of hydrogen-bond acceptors (Lipinski definition) is 3. The monoisotopic (exact) mass is 345 g/mol. The van der Waals surface area contributed by atoms with Crippen molar-refractivity contribution in [1.29, 1.82) is 0 Å². The van der Waals surface area contributed by atoms with E-state index in [1.165, 1.54) is 17.1 Å². The van der Waals surface area contributed by atoms with Gasteiger partial charge < -0.3 is 4.74 Å². The van der Waals surface area contributed by atoms with Gasteiger partial charge in [-0.05, 0) is 40.6 Å². The Labute approximate surface area is 150 Å². The Morgan fingerprint density at radius 3 is 2.48 bits per heavy atom. The van der Waals surface area contributed by atoms with E-state index < -0.39 is 0 Å². The summed E-state index contributed by atoms with van der Waals surface area (Å²) in [6, 6.07) is 21.9. The molecule has 4 heteroatoms. The second kappa shape index (κ2) is 6.57. The van der Waals surface area contributed by atoms with Gasteiger partial charge in [0.15, 0.2) is 0 Å². The molecule has 3 nitrogen and oxygen atoms in total. The van der Waals surface area contributed by atoms with Crippen LogP contribution in [0.15, 0.2) is 76.6 Å². The molecule has 0 unspecified atom stereocenters. The second-order valence-corrected chi connectivity index (χ2v) is 6.70. The van der Waals surface area contributed by atoms with Crippen LogP contribution in [0.5, 0.6) is 5.75 Å². The van der Waals surface area contributed by atoms with E-state index in [-0.39, 0.29) is 5.91 Å². The summed E-state index contributed by atoms with van der Waals surface area (Å²) in [5, 5.41) is 3.06. The molecule has 0 fully saturated rings. The van der Waals surface area contributed by atoms with Crippen LogP contribution in [0.1, 0.15) is 11.1 Å². The molecule has 0 bridgehead atoms. The van der Waals surface area contributed by atoms with Crippen molar-refractivity contribution >= 4 is 39.6 Å². The van der Waals surface area contributed by atoms with Crippen LogP contribution in [0.25, 0.3) is 16.8 Å². The Bertz CT molecular complexity index is 1020. The lowest BCUT2D eigenvalue weighted by Gasteiger charge is -2.03. The summed E-state index contributed by atoms with van der Waals surface area (Å²) in [6.45, 7) is 0. The standard InChI is InChI=1S/C21H15NO2S/c1-24-18-10-6-14(7-11-18)12-19-20(23)22-21(25-19)17-9-8-15-4-2-3-5-16(15)13-17/h2-13H,1H3/b19-12-. The number of ether oxygens (including phenoxy) is 1. The van der Waals surface area contributed by atoms with E-state index in [1.807, 2.05) is 48.5 Å². The molecule has 25 heavy (non-hydrogen) atoms. The number of thioether (sulfide) groups is 1. The van der Waals surface area contributed by atoms with E-state index in [0.717, 1.165) is 27.3 Å². The van der Waals surface area contributed by atoms with E-state index in [1.54, 1.807) is 7.11 Å². The molecule has 122 valence electrons. The van der Waals surface area contributed by atoms with Crippen molar-refractivity contribution in [3.8, 4) is 5.75 Å². The molecular weight excluding hydrogens is 330 g/mol. The van der Waals surface area contributed by atoms with Crippen molar-refractivity contribution in [2.75, 3.05) is 7.11 Å². The molecule has 0 saturated heterocycles. The highest BCUT2D eigenvalue weighted by Gasteiger charge is 2.23. The number of methoxy groups -OCH3 is 1. The van der Waals surface area contributed by atoms with Crippen molar-refractivity contribution in [3.63, 3.8) is 0 Å². The molecule has 0 spiro atoms. The summed E-state index contributed by atoms with van der Waals surface area (Å²) in [5.74, 6) is 0.602. The third kappa shape index (κ3) is 3.21. The van der Waals surface area contributed by atoms with Crippen molar-refractivity contribution in [2.45, 2.75) is 0 Å². The summed E-state index contributed by atoms with van der Waals surface area (Å²) in [4.78, 5) is 17.1. The molecule has 3 aromatic rings. The van der Waals surface area contributed by atoms with E-state index in [4.69, 9.17) is 4.74 Å². The first kappa shape index (κ1) is 15.7. The first-order chi connectivity index (χ1) is 12.2. The predicted molar refractivity (Wildman–Crippen MR) is 104 cm³/mol. The molecule has 0 aliphatic carbocycles. The highest BCUT2D eigenvalue weighted by Crippen LogP contribution is 2.33. The van der Waals surface area contributed by atoms with Gasteiger partial charge in [0.2, 0.25) is 0 Å². The summed E-state index contributed by atoms with van der Waals surface area (Å²) < 4.78 is 5.15. The molecule has 0 N–H and O–H groups in total. The first-order valence-corrected chi connectivity index (χ1v) is 8.70. The van der Waals surface area contributed by atoms with Crippen molar-refractivity contribution < 1.29 is 9.53 Å². The predicted octanol–water partition coefficient (Wildman–Crippen LogP) is 4.91. The van der Waals surface area contributed by atoms with E-state index >= 15 is 0 Å². The second-order valence-electron chi connectivity index (χ2n) is 5.67. The Kier molecular flexibility index (Phi) is 4.12. The summed E-state index contributed by atoms with van der Waals surface area (Å²) in [6.07, 6.45) is 1.87. The molecule has 0 aromatic heterocycles. The van der Waals surface area contributed by atoms with Crippen molar-refractivity contribution in [1.82, 2.24) is 0 Å². The van der Waals surface area contributed by atoms with Gasteiger partial charge in [-0.3, -0.25) is 4.79 Å². The van der Waals surface area contributed by atoms with Gasteiger partial charge in [0.1, 0.15) is 10.8 Å². The topological polar surface area (TPSA) is 38.7 Å². The summed E-state index contributed by atoms with van der Waals surface area (Å²) >= 11 is 1.42. The quantitative estimate of drug-likeness (QED) is 0.633. The lowest BCUT2D eigenvalue weighted by molar-refractivity contribution is -0.113. The lowest BCUT2D eigenvalue weighted by atomic mass is 10.1. The third-order valence-electron chi connectivity index (χ3n) is 4.03. The maximum atomic E-state index is 12.2. The minimum Gasteiger partial charge on any atom is -0.497 e. The summed E-state index contributed by atoms with van der Waals surface area (Å²) in [5.41, 5.74) is 1.92. The minimum absolute atomic E-state index is 0.191. The van der Waals surface area contributed by atoms with Gasteiger partial charge in [-0.1, -0.05) is 60.3 Å². The van der Waals surface area contributed by atoms with Gasteiger partial charge in [-0.2, -0.15) is 0 Å². The minimum atomic E-state index is -0.191. The molecule has 0 saturated carbocycles. The Morgan fingerprint density at radius 1 is 0.960 bits per heavy atom. The van der Waals surface area contributed by atoms with Gasteiger partial charge in [-0.25, -0.2) is 4.99 Å². The zero-order valence-electron chi connectivity index (χ0n) is 13.6. The average molecular weight is 345 g/mol. The SMILES string of the molecule is COc1ccc(/C=C2\SC(c3ccc4ccccc4c3)=NC2=O)cc1. The Hall–Kier alpha value is -2.85. The molecule has 4 rings (SSSR count). The van der Waals surface area contributed by atoms with Crippen molar-refractivity contribution in [3.05, 3.63) is 82.8 Å². The number of aliphatic imine (C=N–C) groups is 1. The normalized spacial score (nSPS) is 15.6. The van der Waals surface area contributed by atoms with E-state index in [2.05, 4.69) is 29.3 Å². The fourth-order valence-electron chi connectivity index (χ4n) is 2.71. The smallest absolute Gasteiger partial charge is 0.284 e. The van der Waals surface area contributed by atoms with Crippen LogP contribution < -0.4 is 4.74 Å². The lowest BCUT2D eigenvalue weighted by Crippen LogP contribution is -1.91. The van der Waals surface area contributed by atoms with Crippen LogP contribution in [0.4, 0.5) is 0 Å². The largest absolute Gasteiger partial charge is 0.497 e. The highest BCUT2D eigenvalue weighted by molar-refractivity contribution is 8.19. The average Bonchev–Trinajstić information content (AvgIpc) is 3.02. The van der Waals surface area contributed by atoms with Crippen molar-refractivity contribution in [2.24, 2.45) is 4.99 Å². The maximum Gasteiger partial charge on any atom is 0.284 e. The van der Waals surface area contributed by atoms with Gasteiger partial charge in [0, 0.05) is 5.56 Å². The number of fused-ring (bicyclic) bond motifs is 1. The Morgan fingerprint density at radius 2 is 1.72 bits per heavy atom. The molecule has 1 aliphatic heterocycles. The fourth-order valence-corrected chi connectivity index (χ4v) is 3.62. The van der Waals surface area contributed by atoms with Crippen LogP contribution >= 0.6 is 11.8 Å². The van der Waals surface area contributed by atoms with Crippen LogP contribution in [0.3, 0.4) is 0 Å². The molecule has 3 aromatic carbocycles. The van der Waals surface area contributed by atoms with Crippen LogP contribution in [-0.4, -0.2) is 18.1 Å². The molecule has 0 atom stereocenters. The number of nitrogens with zero attached hydrogens (tertiary/aromatic N) is 1. The van der Waals surface area contributed by atoms with Gasteiger partial charge >= 0.3 is 0 Å². The van der Waals surface area contributed by atoms with E-state index in [9.17, 15) is 4.79 Å². The van der Waals surface area contributed by atoms with Crippen LogP contribution in [0.2, 0.25) is 0 Å². The third-order valence-corrected chi connectivity index (χ3v) is 5.06. The van der Waals surface area contributed by atoms with E-state index in [0.29, 0.717) is 4.91 Å². The Balaban J connectivity index is 1.61. The first-order valence-electron chi connectivity index (χ1n) is 7.89. The van der Waals surface area contributed by atoms with Crippen LogP contribution in [0, 0.1) is 0 Å². The zero-order chi connectivity index (χ0) is 17.2. The molecule has 1 amide bonds. The fraction of sp³-hybridized carbons (Fsp3) is 0.0476. The number of carbonyl (C=O) groups is 1. The molecule has 1 aliphatic rings. The maximum absolute atomic E-state index is 12.2. The molecule has 0 radical (unpaired) electrons. The van der Waals surface area contributed by atoms with Gasteiger partial charge in [-0.15, -0.1) is 0 Å². The number of rotatable bonds is 3. The number of hydrogen-bond donors (Lipinski definition) is 0. The van der Waals surface area contributed by atoms with Gasteiger partial charge in [0.05, 0.1) is 12.0 Å². The highest BCUT2D eigenvalue weighted by atomic mass is 32.2. The number of benzene rings is 3. The summed E-state index contributed by atoms with van der Waals surface area (Å²) in [7, 11) is 1.63. The number of amides is 1. The number of carbonyl (C=O) groups excluding carboxylic acids is 1. The van der Waals surface area contributed by atoms with Gasteiger partial charge in [0.25, 0.3) is 5.91 Å². The van der Waals surface area contributed by atoms with Crippen LogP contribution in [-0.2, 0) is 4.79 Å². The molecular formula is C21H15NO2S.